The molecule has 1 N–H and O–H groups in total. The van der Waals surface area contributed by atoms with Gasteiger partial charge in [0, 0.05) is 11.0 Å². The lowest BCUT2D eigenvalue weighted by Gasteiger charge is -2.41. The number of hydrogen-bond acceptors (Lipinski definition) is 1. The standard InChI is InChI=1S/C15H20BrNO/c1-3-15(8-5-9-15)10-17-14(18)12-7-4-6-11(2)13(12)16/h4,6-7H,3,5,8-10H2,1-2H3,(H,17,18). The van der Waals surface area contributed by atoms with Gasteiger partial charge in [0.1, 0.15) is 0 Å². The lowest BCUT2D eigenvalue weighted by molar-refractivity contribution is 0.0849. The molecule has 0 heterocycles. The van der Waals surface area contributed by atoms with Crippen molar-refractivity contribution in [3.05, 3.63) is 33.8 Å². The van der Waals surface area contributed by atoms with Crippen LogP contribution in [0, 0.1) is 12.3 Å². The van der Waals surface area contributed by atoms with Crippen molar-refractivity contribution >= 4 is 21.8 Å². The third kappa shape index (κ3) is 2.61. The zero-order valence-electron chi connectivity index (χ0n) is 11.1. The van der Waals surface area contributed by atoms with Gasteiger partial charge in [0.25, 0.3) is 5.91 Å². The fraction of sp³-hybridized carbons (Fsp3) is 0.533. The van der Waals surface area contributed by atoms with Crippen molar-refractivity contribution in [2.45, 2.75) is 39.5 Å². The van der Waals surface area contributed by atoms with Crippen molar-refractivity contribution < 1.29 is 4.79 Å². The average molecular weight is 310 g/mol. The fourth-order valence-electron chi connectivity index (χ4n) is 2.52. The Morgan fingerprint density at radius 3 is 2.72 bits per heavy atom. The maximum Gasteiger partial charge on any atom is 0.252 e. The van der Waals surface area contributed by atoms with E-state index in [0.717, 1.165) is 28.6 Å². The van der Waals surface area contributed by atoms with Crippen molar-refractivity contribution in [2.75, 3.05) is 6.54 Å². The molecule has 0 aromatic heterocycles. The predicted octanol–water partition coefficient (Wildman–Crippen LogP) is 4.07. The van der Waals surface area contributed by atoms with Crippen molar-refractivity contribution in [3.63, 3.8) is 0 Å². The number of rotatable bonds is 4. The van der Waals surface area contributed by atoms with Gasteiger partial charge in [-0.3, -0.25) is 4.79 Å². The van der Waals surface area contributed by atoms with Crippen LogP contribution < -0.4 is 5.32 Å². The fourth-order valence-corrected chi connectivity index (χ4v) is 2.96. The van der Waals surface area contributed by atoms with E-state index >= 15 is 0 Å². The quantitative estimate of drug-likeness (QED) is 0.892. The van der Waals surface area contributed by atoms with Gasteiger partial charge >= 0.3 is 0 Å². The lowest BCUT2D eigenvalue weighted by Crippen LogP contribution is -2.41. The number of carbonyl (C=O) groups is 1. The Bertz CT molecular complexity index is 446. The summed E-state index contributed by atoms with van der Waals surface area (Å²) in [5.74, 6) is 0.0327. The van der Waals surface area contributed by atoms with Gasteiger partial charge in [-0.2, -0.15) is 0 Å². The molecule has 2 nitrogen and oxygen atoms in total. The van der Waals surface area contributed by atoms with Gasteiger partial charge in [0.2, 0.25) is 0 Å². The topological polar surface area (TPSA) is 29.1 Å². The highest BCUT2D eigenvalue weighted by atomic mass is 79.9. The number of amides is 1. The third-order valence-corrected chi connectivity index (χ3v) is 5.28. The van der Waals surface area contributed by atoms with Crippen molar-refractivity contribution in [3.8, 4) is 0 Å². The molecule has 18 heavy (non-hydrogen) atoms. The molecule has 0 saturated heterocycles. The number of halogens is 1. The summed E-state index contributed by atoms with van der Waals surface area (Å²) in [7, 11) is 0. The van der Waals surface area contributed by atoms with Crippen molar-refractivity contribution in [1.82, 2.24) is 5.32 Å². The first kappa shape index (κ1) is 13.6. The molecule has 0 spiro atoms. The minimum absolute atomic E-state index is 0.0327. The second kappa shape index (κ2) is 5.43. The molecule has 98 valence electrons. The number of hydrogen-bond donors (Lipinski definition) is 1. The molecular formula is C15H20BrNO. The molecular weight excluding hydrogens is 290 g/mol. The van der Waals surface area contributed by atoms with Gasteiger partial charge < -0.3 is 5.32 Å². The molecule has 1 fully saturated rings. The molecule has 0 radical (unpaired) electrons. The van der Waals surface area contributed by atoms with E-state index < -0.39 is 0 Å². The SMILES string of the molecule is CCC1(CNC(=O)c2cccc(C)c2Br)CCC1. The van der Waals surface area contributed by atoms with Crippen LogP contribution in [0.15, 0.2) is 22.7 Å². The van der Waals surface area contributed by atoms with E-state index in [1.54, 1.807) is 0 Å². The van der Waals surface area contributed by atoms with E-state index in [4.69, 9.17) is 0 Å². The van der Waals surface area contributed by atoms with Crippen LogP contribution in [0.1, 0.15) is 48.5 Å². The van der Waals surface area contributed by atoms with Crippen molar-refractivity contribution in [1.29, 1.82) is 0 Å². The van der Waals surface area contributed by atoms with Crippen LogP contribution in [0.2, 0.25) is 0 Å². The summed E-state index contributed by atoms with van der Waals surface area (Å²) in [5, 5.41) is 3.09. The molecule has 1 amide bonds. The summed E-state index contributed by atoms with van der Waals surface area (Å²) >= 11 is 3.49. The first-order valence-electron chi connectivity index (χ1n) is 6.61. The highest BCUT2D eigenvalue weighted by Crippen LogP contribution is 2.43. The summed E-state index contributed by atoms with van der Waals surface area (Å²) in [4.78, 5) is 12.2. The molecule has 1 aromatic rings. The van der Waals surface area contributed by atoms with E-state index in [1.807, 2.05) is 25.1 Å². The van der Waals surface area contributed by atoms with Gasteiger partial charge in [0.05, 0.1) is 5.56 Å². The molecule has 0 bridgehead atoms. The molecule has 0 unspecified atom stereocenters. The molecule has 1 aliphatic carbocycles. The second-order valence-electron chi connectivity index (χ2n) is 5.33. The maximum absolute atomic E-state index is 12.2. The van der Waals surface area contributed by atoms with Crippen LogP contribution >= 0.6 is 15.9 Å². The zero-order chi connectivity index (χ0) is 13.2. The van der Waals surface area contributed by atoms with Gasteiger partial charge in [-0.1, -0.05) is 25.5 Å². The van der Waals surface area contributed by atoms with Crippen LogP contribution in [0.5, 0.6) is 0 Å². The zero-order valence-corrected chi connectivity index (χ0v) is 12.6. The minimum Gasteiger partial charge on any atom is -0.351 e. The largest absolute Gasteiger partial charge is 0.351 e. The number of aryl methyl sites for hydroxylation is 1. The van der Waals surface area contributed by atoms with Crippen LogP contribution in [-0.2, 0) is 0 Å². The maximum atomic E-state index is 12.2. The molecule has 0 aliphatic heterocycles. The molecule has 3 heteroatoms. The summed E-state index contributed by atoms with van der Waals surface area (Å²) in [5.41, 5.74) is 2.20. The number of nitrogens with one attached hydrogen (secondary N) is 1. The molecule has 1 saturated carbocycles. The van der Waals surface area contributed by atoms with E-state index in [-0.39, 0.29) is 5.91 Å². The van der Waals surface area contributed by atoms with Crippen LogP contribution in [0.25, 0.3) is 0 Å². The first-order chi connectivity index (χ1) is 8.58. The number of carbonyl (C=O) groups excluding carboxylic acids is 1. The third-order valence-electron chi connectivity index (χ3n) is 4.22. The molecule has 1 aromatic carbocycles. The first-order valence-corrected chi connectivity index (χ1v) is 7.40. The van der Waals surface area contributed by atoms with E-state index in [0.29, 0.717) is 5.41 Å². The Balaban J connectivity index is 2.02. The highest BCUT2D eigenvalue weighted by Gasteiger charge is 2.35. The van der Waals surface area contributed by atoms with Gasteiger partial charge in [-0.15, -0.1) is 0 Å². The Morgan fingerprint density at radius 1 is 1.44 bits per heavy atom. The van der Waals surface area contributed by atoms with Crippen molar-refractivity contribution in [2.24, 2.45) is 5.41 Å². The average Bonchev–Trinajstić information content (AvgIpc) is 2.31. The smallest absolute Gasteiger partial charge is 0.252 e. The molecule has 0 atom stereocenters. The van der Waals surface area contributed by atoms with Gasteiger partial charge in [-0.05, 0) is 59.2 Å². The van der Waals surface area contributed by atoms with Gasteiger partial charge in [-0.25, -0.2) is 0 Å². The summed E-state index contributed by atoms with van der Waals surface area (Å²) in [6.07, 6.45) is 4.96. The summed E-state index contributed by atoms with van der Waals surface area (Å²) < 4.78 is 0.904. The monoisotopic (exact) mass is 309 g/mol. The van der Waals surface area contributed by atoms with Crippen LogP contribution in [0.4, 0.5) is 0 Å². The minimum atomic E-state index is 0.0327. The predicted molar refractivity (Wildman–Crippen MR) is 77.8 cm³/mol. The van der Waals surface area contributed by atoms with E-state index in [1.165, 1.54) is 19.3 Å². The number of benzene rings is 1. The Kier molecular flexibility index (Phi) is 4.10. The summed E-state index contributed by atoms with van der Waals surface area (Å²) in [6, 6.07) is 5.79. The highest BCUT2D eigenvalue weighted by molar-refractivity contribution is 9.10. The Labute approximate surface area is 117 Å². The van der Waals surface area contributed by atoms with E-state index in [9.17, 15) is 4.79 Å². The van der Waals surface area contributed by atoms with Crippen LogP contribution in [-0.4, -0.2) is 12.5 Å². The normalized spacial score (nSPS) is 17.1. The Hall–Kier alpha value is -0.830. The lowest BCUT2D eigenvalue weighted by atomic mass is 9.67. The van der Waals surface area contributed by atoms with Crippen LogP contribution in [0.3, 0.4) is 0 Å². The summed E-state index contributed by atoms with van der Waals surface area (Å²) in [6.45, 7) is 5.02. The van der Waals surface area contributed by atoms with E-state index in [2.05, 4.69) is 28.2 Å². The van der Waals surface area contributed by atoms with Gasteiger partial charge in [0.15, 0.2) is 0 Å². The molecule has 1 aliphatic rings. The molecule has 2 rings (SSSR count). The second-order valence-corrected chi connectivity index (χ2v) is 6.12. The Morgan fingerprint density at radius 2 is 2.17 bits per heavy atom.